The fourth-order valence-corrected chi connectivity index (χ4v) is 2.26. The number of nitrogens with zero attached hydrogens (tertiary/aromatic N) is 2. The highest BCUT2D eigenvalue weighted by Crippen LogP contribution is 2.24. The minimum Gasteiger partial charge on any atom is -0.352 e. The first-order valence-corrected chi connectivity index (χ1v) is 6.41. The molecule has 0 aliphatic carbocycles. The van der Waals surface area contributed by atoms with Crippen LogP contribution >= 0.6 is 0 Å². The van der Waals surface area contributed by atoms with Crippen molar-refractivity contribution in [1.29, 1.82) is 0 Å². The Labute approximate surface area is 104 Å². The maximum atomic E-state index is 4.56. The molecule has 1 unspecified atom stereocenters. The largest absolute Gasteiger partial charge is 0.352 e. The predicted octanol–water partition coefficient (Wildman–Crippen LogP) is 2.52. The molecule has 1 aliphatic rings. The molecule has 0 saturated heterocycles. The zero-order valence-corrected chi connectivity index (χ0v) is 10.7. The van der Waals surface area contributed by atoms with Crippen molar-refractivity contribution in [3.63, 3.8) is 0 Å². The summed E-state index contributed by atoms with van der Waals surface area (Å²) in [6.45, 7) is 7.36. The zero-order chi connectivity index (χ0) is 12.1. The number of nitrogens with one attached hydrogen (secondary N) is 1. The van der Waals surface area contributed by atoms with Crippen LogP contribution in [0.5, 0.6) is 0 Å². The lowest BCUT2D eigenvalue weighted by Crippen LogP contribution is -2.30. The van der Waals surface area contributed by atoms with Crippen LogP contribution in [0.2, 0.25) is 0 Å². The van der Waals surface area contributed by atoms with E-state index < -0.39 is 0 Å². The first kappa shape index (κ1) is 12.1. The molecule has 0 bridgehead atoms. The second-order valence-corrected chi connectivity index (χ2v) is 4.40. The summed E-state index contributed by atoms with van der Waals surface area (Å²) in [7, 11) is 0. The average molecular weight is 231 g/mol. The van der Waals surface area contributed by atoms with Gasteiger partial charge < -0.3 is 10.2 Å². The molecule has 3 heteroatoms. The summed E-state index contributed by atoms with van der Waals surface area (Å²) in [5.74, 6) is 1.13. The quantitative estimate of drug-likeness (QED) is 0.807. The molecule has 17 heavy (non-hydrogen) atoms. The Morgan fingerprint density at radius 3 is 3.06 bits per heavy atom. The zero-order valence-electron chi connectivity index (χ0n) is 10.7. The van der Waals surface area contributed by atoms with Gasteiger partial charge >= 0.3 is 0 Å². The van der Waals surface area contributed by atoms with Crippen molar-refractivity contribution >= 4 is 5.82 Å². The van der Waals surface area contributed by atoms with Crippen LogP contribution in [0.1, 0.15) is 31.9 Å². The Hall–Kier alpha value is -1.35. The van der Waals surface area contributed by atoms with E-state index in [1.807, 2.05) is 12.3 Å². The SMILES string of the molecule is CCNC(C)c1cccnc1N1CC=CCC1. The maximum absolute atomic E-state index is 4.56. The molecule has 1 atom stereocenters. The first-order valence-electron chi connectivity index (χ1n) is 6.41. The number of hydrogen-bond donors (Lipinski definition) is 1. The van der Waals surface area contributed by atoms with Gasteiger partial charge in [-0.2, -0.15) is 0 Å². The summed E-state index contributed by atoms with van der Waals surface area (Å²) < 4.78 is 0. The van der Waals surface area contributed by atoms with Crippen LogP contribution in [0.25, 0.3) is 0 Å². The number of anilines is 1. The topological polar surface area (TPSA) is 28.2 Å². The Bertz CT molecular complexity index is 387. The molecule has 0 fully saturated rings. The standard InChI is InChI=1S/C14H21N3/c1-3-15-12(2)13-8-7-9-16-14(13)17-10-5-4-6-11-17/h4-5,7-9,12,15H,3,6,10-11H2,1-2H3. The third kappa shape index (κ3) is 2.86. The predicted molar refractivity (Wildman–Crippen MR) is 72.3 cm³/mol. The minimum absolute atomic E-state index is 0.356. The first-order chi connectivity index (χ1) is 8.33. The van der Waals surface area contributed by atoms with Crippen LogP contribution < -0.4 is 10.2 Å². The van der Waals surface area contributed by atoms with Crippen LogP contribution in [-0.4, -0.2) is 24.6 Å². The fraction of sp³-hybridized carbons (Fsp3) is 0.500. The van der Waals surface area contributed by atoms with E-state index in [9.17, 15) is 0 Å². The van der Waals surface area contributed by atoms with E-state index in [1.165, 1.54) is 5.56 Å². The highest BCUT2D eigenvalue weighted by Gasteiger charge is 2.16. The van der Waals surface area contributed by atoms with Gasteiger partial charge in [-0.05, 0) is 26.0 Å². The van der Waals surface area contributed by atoms with E-state index >= 15 is 0 Å². The molecule has 92 valence electrons. The third-order valence-electron chi connectivity index (χ3n) is 3.15. The van der Waals surface area contributed by atoms with Gasteiger partial charge in [0, 0.05) is 30.9 Å². The lowest BCUT2D eigenvalue weighted by atomic mass is 10.1. The molecule has 0 saturated carbocycles. The van der Waals surface area contributed by atoms with Crippen molar-refractivity contribution in [3.8, 4) is 0 Å². The second kappa shape index (κ2) is 5.82. The van der Waals surface area contributed by atoms with Crippen molar-refractivity contribution in [3.05, 3.63) is 36.0 Å². The molecule has 0 amide bonds. The molecule has 1 aliphatic heterocycles. The molecular weight excluding hydrogens is 210 g/mol. The van der Waals surface area contributed by atoms with Crippen LogP contribution in [-0.2, 0) is 0 Å². The molecule has 0 radical (unpaired) electrons. The van der Waals surface area contributed by atoms with Crippen molar-refractivity contribution < 1.29 is 0 Å². The summed E-state index contributed by atoms with van der Waals surface area (Å²) in [6, 6.07) is 4.55. The summed E-state index contributed by atoms with van der Waals surface area (Å²) in [5, 5.41) is 3.46. The lowest BCUT2D eigenvalue weighted by molar-refractivity contribution is 0.593. The highest BCUT2D eigenvalue weighted by atomic mass is 15.2. The Balaban J connectivity index is 2.23. The van der Waals surface area contributed by atoms with Gasteiger partial charge in [0.05, 0.1) is 0 Å². The van der Waals surface area contributed by atoms with E-state index in [4.69, 9.17) is 0 Å². The van der Waals surface area contributed by atoms with Gasteiger partial charge in [-0.15, -0.1) is 0 Å². The summed E-state index contributed by atoms with van der Waals surface area (Å²) in [4.78, 5) is 6.91. The van der Waals surface area contributed by atoms with Crippen LogP contribution in [0.4, 0.5) is 5.82 Å². The van der Waals surface area contributed by atoms with Gasteiger partial charge in [0.15, 0.2) is 0 Å². The second-order valence-electron chi connectivity index (χ2n) is 4.40. The van der Waals surface area contributed by atoms with E-state index in [-0.39, 0.29) is 0 Å². The fourth-order valence-electron chi connectivity index (χ4n) is 2.26. The van der Waals surface area contributed by atoms with Gasteiger partial charge in [0.2, 0.25) is 0 Å². The summed E-state index contributed by atoms with van der Waals surface area (Å²) in [6.07, 6.45) is 7.47. The van der Waals surface area contributed by atoms with Crippen molar-refractivity contribution in [2.24, 2.45) is 0 Å². The average Bonchev–Trinajstić information content (AvgIpc) is 2.40. The van der Waals surface area contributed by atoms with E-state index in [2.05, 4.69) is 47.3 Å². The number of hydrogen-bond acceptors (Lipinski definition) is 3. The van der Waals surface area contributed by atoms with E-state index in [1.54, 1.807) is 0 Å². The summed E-state index contributed by atoms with van der Waals surface area (Å²) in [5.41, 5.74) is 1.30. The molecule has 2 rings (SSSR count). The Morgan fingerprint density at radius 2 is 2.35 bits per heavy atom. The highest BCUT2D eigenvalue weighted by molar-refractivity contribution is 5.49. The molecule has 0 spiro atoms. The Kier molecular flexibility index (Phi) is 4.15. The van der Waals surface area contributed by atoms with E-state index in [0.29, 0.717) is 6.04 Å². The van der Waals surface area contributed by atoms with E-state index in [0.717, 1.165) is 31.9 Å². The smallest absolute Gasteiger partial charge is 0.133 e. The van der Waals surface area contributed by atoms with Gasteiger partial charge in [0.1, 0.15) is 5.82 Å². The van der Waals surface area contributed by atoms with Crippen molar-refractivity contribution in [1.82, 2.24) is 10.3 Å². The summed E-state index contributed by atoms with van der Waals surface area (Å²) >= 11 is 0. The normalized spacial score (nSPS) is 17.2. The molecule has 2 heterocycles. The third-order valence-corrected chi connectivity index (χ3v) is 3.15. The van der Waals surface area contributed by atoms with Crippen molar-refractivity contribution in [2.45, 2.75) is 26.3 Å². The molecule has 1 aromatic rings. The molecule has 0 aromatic carbocycles. The molecule has 1 aromatic heterocycles. The van der Waals surface area contributed by atoms with Gasteiger partial charge in [-0.1, -0.05) is 25.1 Å². The van der Waals surface area contributed by atoms with Crippen LogP contribution in [0.3, 0.4) is 0 Å². The van der Waals surface area contributed by atoms with Gasteiger partial charge in [0.25, 0.3) is 0 Å². The van der Waals surface area contributed by atoms with Crippen LogP contribution in [0.15, 0.2) is 30.5 Å². The Morgan fingerprint density at radius 1 is 1.47 bits per heavy atom. The minimum atomic E-state index is 0.356. The lowest BCUT2D eigenvalue weighted by Gasteiger charge is -2.28. The number of aromatic nitrogens is 1. The number of rotatable bonds is 4. The number of pyridine rings is 1. The monoisotopic (exact) mass is 231 g/mol. The van der Waals surface area contributed by atoms with Crippen molar-refractivity contribution in [2.75, 3.05) is 24.5 Å². The molecule has 3 nitrogen and oxygen atoms in total. The molecular formula is C14H21N3. The van der Waals surface area contributed by atoms with Gasteiger partial charge in [-0.3, -0.25) is 0 Å². The maximum Gasteiger partial charge on any atom is 0.133 e. The van der Waals surface area contributed by atoms with Crippen LogP contribution in [0, 0.1) is 0 Å². The molecule has 1 N–H and O–H groups in total. The van der Waals surface area contributed by atoms with Gasteiger partial charge in [-0.25, -0.2) is 4.98 Å².